The van der Waals surface area contributed by atoms with Gasteiger partial charge in [0.2, 0.25) is 0 Å². The van der Waals surface area contributed by atoms with Gasteiger partial charge in [0.15, 0.2) is 0 Å². The van der Waals surface area contributed by atoms with Crippen LogP contribution in [-0.2, 0) is 0 Å². The van der Waals surface area contributed by atoms with Gasteiger partial charge in [0, 0.05) is 6.20 Å². The summed E-state index contributed by atoms with van der Waals surface area (Å²) in [6, 6.07) is 1.84. The largest absolute Gasteiger partial charge is 0.387 e. The molecule has 0 saturated carbocycles. The van der Waals surface area contributed by atoms with Crippen LogP contribution in [0.3, 0.4) is 0 Å². The third kappa shape index (κ3) is 3.05. The molecule has 1 unspecified atom stereocenters. The third-order valence-electron chi connectivity index (χ3n) is 2.06. The molecule has 4 nitrogen and oxygen atoms in total. The first-order valence-corrected chi connectivity index (χ1v) is 5.22. The van der Waals surface area contributed by atoms with Crippen LogP contribution >= 0.6 is 11.6 Å². The van der Waals surface area contributed by atoms with Gasteiger partial charge in [-0.3, -0.25) is 4.98 Å². The summed E-state index contributed by atoms with van der Waals surface area (Å²) < 4.78 is 0. The van der Waals surface area contributed by atoms with Crippen LogP contribution in [0.5, 0.6) is 0 Å². The van der Waals surface area contributed by atoms with Gasteiger partial charge >= 0.3 is 0 Å². The van der Waals surface area contributed by atoms with Crippen molar-refractivity contribution in [2.24, 2.45) is 4.99 Å². The molecule has 0 aliphatic heterocycles. The van der Waals surface area contributed by atoms with Crippen LogP contribution in [0.4, 0.5) is 5.69 Å². The molecule has 1 heterocycles. The van der Waals surface area contributed by atoms with Gasteiger partial charge in [-0.25, -0.2) is 4.99 Å². The standard InChI is InChI=1S/C11H14ClN3O/c1-7-4-5-13-11(8(2)16)10(7)15-9(3)14-6-12/h4-6,8,15-16H,3H2,1-2H3/b14-6+. The molecule has 86 valence electrons. The number of rotatable bonds is 4. The van der Waals surface area contributed by atoms with Crippen molar-refractivity contribution < 1.29 is 5.11 Å². The van der Waals surface area contributed by atoms with E-state index in [4.69, 9.17) is 11.6 Å². The van der Waals surface area contributed by atoms with Crippen molar-refractivity contribution in [3.05, 3.63) is 35.9 Å². The first-order chi connectivity index (χ1) is 7.56. The zero-order valence-corrected chi connectivity index (χ0v) is 9.99. The van der Waals surface area contributed by atoms with Gasteiger partial charge < -0.3 is 10.4 Å². The summed E-state index contributed by atoms with van der Waals surface area (Å²) in [6.45, 7) is 7.24. The summed E-state index contributed by atoms with van der Waals surface area (Å²) in [5.41, 5.74) is 3.36. The number of hydrogen-bond donors (Lipinski definition) is 2. The van der Waals surface area contributed by atoms with Crippen LogP contribution in [0.1, 0.15) is 24.3 Å². The second-order valence-corrected chi connectivity index (χ2v) is 3.56. The summed E-state index contributed by atoms with van der Waals surface area (Å²) in [4.78, 5) is 7.90. The minimum Gasteiger partial charge on any atom is -0.387 e. The topological polar surface area (TPSA) is 57.5 Å². The second kappa shape index (κ2) is 5.63. The Labute approximate surface area is 99.7 Å². The number of aryl methyl sites for hydroxylation is 1. The molecule has 5 heteroatoms. The molecule has 0 saturated heterocycles. The van der Waals surface area contributed by atoms with E-state index in [1.165, 1.54) is 0 Å². The Bertz CT molecular complexity index is 416. The molecular weight excluding hydrogens is 226 g/mol. The van der Waals surface area contributed by atoms with Gasteiger partial charge in [-0.05, 0) is 25.5 Å². The fourth-order valence-electron chi connectivity index (χ4n) is 1.29. The fraction of sp³-hybridized carbons (Fsp3) is 0.273. The molecule has 16 heavy (non-hydrogen) atoms. The molecule has 0 spiro atoms. The van der Waals surface area contributed by atoms with Gasteiger partial charge in [0.05, 0.1) is 23.2 Å². The van der Waals surface area contributed by atoms with Gasteiger partial charge in [-0.1, -0.05) is 18.2 Å². The third-order valence-corrected chi connectivity index (χ3v) is 2.16. The second-order valence-electron chi connectivity index (χ2n) is 3.36. The molecule has 1 atom stereocenters. The fourth-order valence-corrected chi connectivity index (χ4v) is 1.41. The molecule has 1 aromatic rings. The molecule has 0 bridgehead atoms. The molecule has 1 rings (SSSR count). The van der Waals surface area contributed by atoms with E-state index >= 15 is 0 Å². The Kier molecular flexibility index (Phi) is 4.46. The average Bonchev–Trinajstić information content (AvgIpc) is 2.21. The lowest BCUT2D eigenvalue weighted by atomic mass is 10.1. The van der Waals surface area contributed by atoms with Crippen molar-refractivity contribution >= 4 is 23.0 Å². The SMILES string of the molecule is C=C(/N=C/Cl)Nc1c(C)ccnc1C(C)O. The normalized spacial score (nSPS) is 12.8. The Morgan fingerprint density at radius 1 is 1.75 bits per heavy atom. The monoisotopic (exact) mass is 239 g/mol. The van der Waals surface area contributed by atoms with E-state index in [9.17, 15) is 5.11 Å². The lowest BCUT2D eigenvalue weighted by Crippen LogP contribution is -2.06. The number of nitrogens with one attached hydrogen (secondary N) is 1. The van der Waals surface area contributed by atoms with E-state index < -0.39 is 6.10 Å². The van der Waals surface area contributed by atoms with Crippen molar-refractivity contribution in [2.75, 3.05) is 5.32 Å². The Morgan fingerprint density at radius 3 is 3.00 bits per heavy atom. The highest BCUT2D eigenvalue weighted by molar-refractivity contribution is 6.56. The van der Waals surface area contributed by atoms with E-state index in [1.807, 2.05) is 13.0 Å². The highest BCUT2D eigenvalue weighted by Gasteiger charge is 2.11. The molecule has 0 radical (unpaired) electrons. The zero-order chi connectivity index (χ0) is 12.1. The van der Waals surface area contributed by atoms with Crippen LogP contribution in [0, 0.1) is 6.92 Å². The number of pyridine rings is 1. The maximum absolute atomic E-state index is 9.58. The number of nitrogens with zero attached hydrogens (tertiary/aromatic N) is 2. The predicted octanol–water partition coefficient (Wildman–Crippen LogP) is 2.59. The lowest BCUT2D eigenvalue weighted by Gasteiger charge is -2.14. The Morgan fingerprint density at radius 2 is 2.44 bits per heavy atom. The van der Waals surface area contributed by atoms with Crippen LogP contribution in [0.15, 0.2) is 29.7 Å². The first kappa shape index (κ1) is 12.7. The number of halogens is 1. The van der Waals surface area contributed by atoms with E-state index in [0.29, 0.717) is 17.2 Å². The number of aromatic nitrogens is 1. The van der Waals surface area contributed by atoms with Crippen LogP contribution < -0.4 is 5.32 Å². The van der Waals surface area contributed by atoms with Crippen molar-refractivity contribution in [1.82, 2.24) is 4.98 Å². The molecule has 0 amide bonds. The highest BCUT2D eigenvalue weighted by atomic mass is 35.5. The predicted molar refractivity (Wildman–Crippen MR) is 66.7 cm³/mol. The van der Waals surface area contributed by atoms with Crippen LogP contribution in [0.2, 0.25) is 0 Å². The van der Waals surface area contributed by atoms with Crippen molar-refractivity contribution in [1.29, 1.82) is 0 Å². The summed E-state index contributed by atoms with van der Waals surface area (Å²) in [7, 11) is 0. The van der Waals surface area contributed by atoms with Crippen molar-refractivity contribution in [2.45, 2.75) is 20.0 Å². The molecule has 0 aromatic carbocycles. The highest BCUT2D eigenvalue weighted by Crippen LogP contribution is 2.25. The Hall–Kier alpha value is -1.39. The summed E-state index contributed by atoms with van der Waals surface area (Å²) in [5, 5.41) is 12.5. The summed E-state index contributed by atoms with van der Waals surface area (Å²) >= 11 is 5.35. The molecule has 1 aromatic heterocycles. The first-order valence-electron chi connectivity index (χ1n) is 4.78. The number of aliphatic imine (C=N–C) groups is 1. The number of anilines is 1. The molecule has 0 fully saturated rings. The zero-order valence-electron chi connectivity index (χ0n) is 9.24. The molecule has 0 aliphatic carbocycles. The molecule has 0 aliphatic rings. The molecular formula is C11H14ClN3O. The van der Waals surface area contributed by atoms with Gasteiger partial charge in [-0.15, -0.1) is 0 Å². The smallest absolute Gasteiger partial charge is 0.124 e. The van der Waals surface area contributed by atoms with E-state index in [1.54, 1.807) is 13.1 Å². The molecule has 2 N–H and O–H groups in total. The summed E-state index contributed by atoms with van der Waals surface area (Å²) in [6.07, 6.45) is 0.992. The summed E-state index contributed by atoms with van der Waals surface area (Å²) in [5.74, 6) is 0.396. The van der Waals surface area contributed by atoms with Gasteiger partial charge in [-0.2, -0.15) is 0 Å². The van der Waals surface area contributed by atoms with E-state index in [2.05, 4.69) is 21.9 Å². The quantitative estimate of drug-likeness (QED) is 0.794. The number of aliphatic hydroxyl groups excluding tert-OH is 1. The van der Waals surface area contributed by atoms with Crippen molar-refractivity contribution in [3.63, 3.8) is 0 Å². The van der Waals surface area contributed by atoms with E-state index in [0.717, 1.165) is 11.2 Å². The maximum atomic E-state index is 9.58. The van der Waals surface area contributed by atoms with Gasteiger partial charge in [0.25, 0.3) is 0 Å². The van der Waals surface area contributed by atoms with Crippen molar-refractivity contribution in [3.8, 4) is 0 Å². The number of hydrogen-bond acceptors (Lipinski definition) is 4. The van der Waals surface area contributed by atoms with Gasteiger partial charge in [0.1, 0.15) is 5.82 Å². The lowest BCUT2D eigenvalue weighted by molar-refractivity contribution is 0.195. The number of aliphatic hydroxyl groups is 1. The van der Waals surface area contributed by atoms with Crippen LogP contribution in [0.25, 0.3) is 0 Å². The van der Waals surface area contributed by atoms with E-state index in [-0.39, 0.29) is 0 Å². The van der Waals surface area contributed by atoms with Crippen LogP contribution in [-0.4, -0.2) is 15.8 Å². The Balaban J connectivity index is 3.06. The minimum absolute atomic E-state index is 0.396. The average molecular weight is 240 g/mol. The maximum Gasteiger partial charge on any atom is 0.124 e. The minimum atomic E-state index is -0.657.